The van der Waals surface area contributed by atoms with Crippen LogP contribution in [-0.4, -0.2) is 24.6 Å². The number of benzene rings is 1. The maximum absolute atomic E-state index is 6.18. The molecule has 1 nitrogen and oxygen atoms in total. The number of nitrogens with one attached hydrogen (secondary N) is 1. The van der Waals surface area contributed by atoms with Crippen molar-refractivity contribution in [2.45, 2.75) is 12.5 Å². The minimum atomic E-state index is 0.597. The topological polar surface area (TPSA) is 12.0 Å². The number of thioether (sulfide) groups is 1. The average molecular weight is 276 g/mol. The van der Waals surface area contributed by atoms with Gasteiger partial charge in [0.05, 0.1) is 0 Å². The Bertz CT molecular complexity index is 370. The van der Waals surface area contributed by atoms with Gasteiger partial charge in [-0.15, -0.1) is 0 Å². The summed E-state index contributed by atoms with van der Waals surface area (Å²) in [6.45, 7) is 0. The normalized spacial score (nSPS) is 24.9. The van der Waals surface area contributed by atoms with Crippen LogP contribution in [0.1, 0.15) is 5.56 Å². The Balaban J connectivity index is 2.11. The molecule has 0 saturated carbocycles. The van der Waals surface area contributed by atoms with Gasteiger partial charge in [-0.25, -0.2) is 0 Å². The van der Waals surface area contributed by atoms with Gasteiger partial charge in [-0.2, -0.15) is 11.8 Å². The predicted octanol–water partition coefficient (Wildman–Crippen LogP) is 3.49. The van der Waals surface area contributed by atoms with Gasteiger partial charge in [0.15, 0.2) is 0 Å². The van der Waals surface area contributed by atoms with Crippen molar-refractivity contribution in [3.63, 3.8) is 0 Å². The summed E-state index contributed by atoms with van der Waals surface area (Å²) in [5.41, 5.74) is 1.17. The lowest BCUT2D eigenvalue weighted by Gasteiger charge is -2.18. The van der Waals surface area contributed by atoms with Gasteiger partial charge in [-0.05, 0) is 48.9 Å². The molecule has 2 atom stereocenters. The van der Waals surface area contributed by atoms with Crippen LogP contribution < -0.4 is 5.32 Å². The highest BCUT2D eigenvalue weighted by Crippen LogP contribution is 2.30. The standard InChI is InChI=1S/C12H15Cl2NS/c1-15-12-7-16-6-9(12)4-8-5-10(13)2-3-11(8)14/h2-3,5,9,12,15H,4,6-7H2,1H3. The number of hydrogen-bond acceptors (Lipinski definition) is 2. The first-order valence-corrected chi connectivity index (χ1v) is 7.30. The van der Waals surface area contributed by atoms with Crippen molar-refractivity contribution in [3.05, 3.63) is 33.8 Å². The van der Waals surface area contributed by atoms with E-state index in [-0.39, 0.29) is 0 Å². The minimum absolute atomic E-state index is 0.597. The summed E-state index contributed by atoms with van der Waals surface area (Å²) in [6, 6.07) is 6.31. The molecule has 1 fully saturated rings. The van der Waals surface area contributed by atoms with Crippen LogP contribution in [0, 0.1) is 5.92 Å². The molecule has 0 bridgehead atoms. The first-order chi connectivity index (χ1) is 7.70. The van der Waals surface area contributed by atoms with Crippen molar-refractivity contribution in [3.8, 4) is 0 Å². The first-order valence-electron chi connectivity index (χ1n) is 5.39. The van der Waals surface area contributed by atoms with Crippen LogP contribution in [0.25, 0.3) is 0 Å². The average Bonchev–Trinajstić information content (AvgIpc) is 2.71. The van der Waals surface area contributed by atoms with Crippen molar-refractivity contribution in [2.24, 2.45) is 5.92 Å². The van der Waals surface area contributed by atoms with Gasteiger partial charge in [-0.1, -0.05) is 23.2 Å². The predicted molar refractivity (Wildman–Crippen MR) is 73.8 cm³/mol. The van der Waals surface area contributed by atoms with Crippen molar-refractivity contribution in [1.29, 1.82) is 0 Å². The van der Waals surface area contributed by atoms with Gasteiger partial charge in [0.1, 0.15) is 0 Å². The van der Waals surface area contributed by atoms with E-state index in [9.17, 15) is 0 Å². The van der Waals surface area contributed by atoms with Crippen molar-refractivity contribution in [1.82, 2.24) is 5.32 Å². The van der Waals surface area contributed by atoms with E-state index in [0.717, 1.165) is 16.5 Å². The Labute approximate surface area is 111 Å². The highest BCUT2D eigenvalue weighted by Gasteiger charge is 2.26. The molecule has 88 valence electrons. The lowest BCUT2D eigenvalue weighted by atomic mass is 9.95. The van der Waals surface area contributed by atoms with Crippen LogP contribution >= 0.6 is 35.0 Å². The minimum Gasteiger partial charge on any atom is -0.316 e. The lowest BCUT2D eigenvalue weighted by molar-refractivity contribution is 0.453. The van der Waals surface area contributed by atoms with Crippen LogP contribution in [0.15, 0.2) is 18.2 Å². The zero-order valence-corrected chi connectivity index (χ0v) is 11.5. The van der Waals surface area contributed by atoms with Crippen molar-refractivity contribution in [2.75, 3.05) is 18.6 Å². The lowest BCUT2D eigenvalue weighted by Crippen LogP contribution is -2.33. The molecule has 16 heavy (non-hydrogen) atoms. The van der Waals surface area contributed by atoms with E-state index in [1.54, 1.807) is 0 Å². The van der Waals surface area contributed by atoms with Gasteiger partial charge in [0, 0.05) is 21.8 Å². The maximum atomic E-state index is 6.18. The highest BCUT2D eigenvalue weighted by molar-refractivity contribution is 7.99. The smallest absolute Gasteiger partial charge is 0.0439 e. The SMILES string of the molecule is CNC1CSCC1Cc1cc(Cl)ccc1Cl. The van der Waals surface area contributed by atoms with Crippen LogP contribution in [0.2, 0.25) is 10.0 Å². The summed E-state index contributed by atoms with van der Waals surface area (Å²) < 4.78 is 0. The Kier molecular flexibility index (Phi) is 4.42. The van der Waals surface area contributed by atoms with Crippen LogP contribution in [0.3, 0.4) is 0 Å². The number of rotatable bonds is 3. The molecule has 2 unspecified atom stereocenters. The van der Waals surface area contributed by atoms with Crippen molar-refractivity contribution < 1.29 is 0 Å². The van der Waals surface area contributed by atoms with Gasteiger partial charge in [-0.3, -0.25) is 0 Å². The fourth-order valence-electron chi connectivity index (χ4n) is 2.10. The molecular formula is C12H15Cl2NS. The first kappa shape index (κ1) is 12.6. The Morgan fingerprint density at radius 2 is 2.19 bits per heavy atom. The summed E-state index contributed by atoms with van der Waals surface area (Å²) in [7, 11) is 2.03. The van der Waals surface area contributed by atoms with Gasteiger partial charge in [0.2, 0.25) is 0 Å². The number of hydrogen-bond donors (Lipinski definition) is 1. The molecule has 1 aliphatic heterocycles. The number of halogens is 2. The zero-order chi connectivity index (χ0) is 11.5. The third-order valence-corrected chi connectivity index (χ3v) is 4.92. The fourth-order valence-corrected chi connectivity index (χ4v) is 3.97. The van der Waals surface area contributed by atoms with Gasteiger partial charge in [0.25, 0.3) is 0 Å². The summed E-state index contributed by atoms with van der Waals surface area (Å²) in [5, 5.41) is 4.97. The van der Waals surface area contributed by atoms with E-state index in [1.165, 1.54) is 17.1 Å². The largest absolute Gasteiger partial charge is 0.316 e. The molecule has 1 heterocycles. The molecule has 1 saturated heterocycles. The Morgan fingerprint density at radius 1 is 1.38 bits per heavy atom. The second kappa shape index (κ2) is 5.63. The van der Waals surface area contributed by atoms with Crippen LogP contribution in [-0.2, 0) is 6.42 Å². The summed E-state index contributed by atoms with van der Waals surface area (Å²) in [5.74, 6) is 3.05. The second-order valence-corrected chi connectivity index (χ2v) is 6.05. The van der Waals surface area contributed by atoms with E-state index in [4.69, 9.17) is 23.2 Å². The van der Waals surface area contributed by atoms with Crippen LogP contribution in [0.5, 0.6) is 0 Å². The van der Waals surface area contributed by atoms with E-state index >= 15 is 0 Å². The molecule has 0 amide bonds. The molecule has 0 aromatic heterocycles. The molecule has 4 heteroatoms. The Morgan fingerprint density at radius 3 is 2.94 bits per heavy atom. The molecule has 1 aromatic rings. The fraction of sp³-hybridized carbons (Fsp3) is 0.500. The molecule has 0 radical (unpaired) electrons. The summed E-state index contributed by atoms with van der Waals surface area (Å²) in [6.07, 6.45) is 1.01. The molecule has 1 aliphatic rings. The molecule has 1 aromatic carbocycles. The molecule has 1 N–H and O–H groups in total. The quantitative estimate of drug-likeness (QED) is 0.907. The Hall–Kier alpha value is 0.110. The maximum Gasteiger partial charge on any atom is 0.0439 e. The molecule has 0 spiro atoms. The molecular weight excluding hydrogens is 261 g/mol. The van der Waals surface area contributed by atoms with Crippen molar-refractivity contribution >= 4 is 35.0 Å². The zero-order valence-electron chi connectivity index (χ0n) is 9.17. The molecule has 2 rings (SSSR count). The summed E-state index contributed by atoms with van der Waals surface area (Å²) in [4.78, 5) is 0. The summed E-state index contributed by atoms with van der Waals surface area (Å²) >= 11 is 14.2. The van der Waals surface area contributed by atoms with Gasteiger partial charge >= 0.3 is 0 Å². The second-order valence-electron chi connectivity index (χ2n) is 4.13. The van der Waals surface area contributed by atoms with E-state index in [0.29, 0.717) is 12.0 Å². The van der Waals surface area contributed by atoms with E-state index in [1.807, 2.05) is 37.0 Å². The third kappa shape index (κ3) is 2.86. The van der Waals surface area contributed by atoms with Gasteiger partial charge < -0.3 is 5.32 Å². The monoisotopic (exact) mass is 275 g/mol. The highest BCUT2D eigenvalue weighted by atomic mass is 35.5. The van der Waals surface area contributed by atoms with E-state index in [2.05, 4.69) is 5.32 Å². The van der Waals surface area contributed by atoms with E-state index < -0.39 is 0 Å². The third-order valence-electron chi connectivity index (χ3n) is 3.06. The van der Waals surface area contributed by atoms with Crippen LogP contribution in [0.4, 0.5) is 0 Å². The molecule has 0 aliphatic carbocycles.